The third-order valence-electron chi connectivity index (χ3n) is 4.49. The van der Waals surface area contributed by atoms with Gasteiger partial charge in [0.15, 0.2) is 0 Å². The fourth-order valence-electron chi connectivity index (χ4n) is 3.11. The lowest BCUT2D eigenvalue weighted by Crippen LogP contribution is -2.22. The van der Waals surface area contributed by atoms with Crippen LogP contribution in [0.4, 0.5) is 5.82 Å². The van der Waals surface area contributed by atoms with Gasteiger partial charge in [0, 0.05) is 38.0 Å². The second kappa shape index (κ2) is 8.52. The van der Waals surface area contributed by atoms with Gasteiger partial charge >= 0.3 is 0 Å². The Morgan fingerprint density at radius 3 is 2.58 bits per heavy atom. The smallest absolute Gasteiger partial charge is 0.142 e. The summed E-state index contributed by atoms with van der Waals surface area (Å²) in [5.41, 5.74) is 2.80. The molecule has 0 fully saturated rings. The number of halogens is 1. The van der Waals surface area contributed by atoms with Gasteiger partial charge in [0.2, 0.25) is 0 Å². The number of imidazole rings is 1. The molecule has 0 saturated heterocycles. The van der Waals surface area contributed by atoms with E-state index in [2.05, 4.69) is 40.4 Å². The van der Waals surface area contributed by atoms with Gasteiger partial charge in [-0.25, -0.2) is 9.97 Å². The molecule has 3 aromatic rings. The maximum Gasteiger partial charge on any atom is 0.142 e. The first kappa shape index (κ1) is 18.7. The van der Waals surface area contributed by atoms with E-state index >= 15 is 0 Å². The average Bonchev–Trinajstić information content (AvgIpc) is 3.04. The van der Waals surface area contributed by atoms with Crippen LogP contribution in [-0.4, -0.2) is 40.8 Å². The molecule has 138 valence electrons. The van der Waals surface area contributed by atoms with Crippen LogP contribution >= 0.6 is 11.6 Å². The molecule has 3 rings (SSSR count). The Kier molecular flexibility index (Phi) is 6.12. The standard InChI is InChI=1S/C20H25ClN4O/c1-4-24(5-2)18-11-10-15(14-22-18)20-23-19-16(21)8-7-9-17(19)25(20)12-13-26-6-3/h7-11,14H,4-6,12-13H2,1-3H3. The zero-order chi connectivity index (χ0) is 18.5. The van der Waals surface area contributed by atoms with Crippen molar-refractivity contribution in [2.75, 3.05) is 31.2 Å². The molecule has 6 heteroatoms. The molecule has 26 heavy (non-hydrogen) atoms. The largest absolute Gasteiger partial charge is 0.380 e. The number of hydrogen-bond donors (Lipinski definition) is 0. The molecule has 0 unspecified atom stereocenters. The van der Waals surface area contributed by atoms with Crippen LogP contribution in [0.2, 0.25) is 5.02 Å². The average molecular weight is 373 g/mol. The second-order valence-corrected chi connectivity index (χ2v) is 6.38. The molecule has 0 saturated carbocycles. The van der Waals surface area contributed by atoms with E-state index in [-0.39, 0.29) is 0 Å². The topological polar surface area (TPSA) is 43.2 Å². The summed E-state index contributed by atoms with van der Waals surface area (Å²) in [6.07, 6.45) is 1.89. The quantitative estimate of drug-likeness (QED) is 0.540. The van der Waals surface area contributed by atoms with Crippen LogP contribution in [-0.2, 0) is 11.3 Å². The summed E-state index contributed by atoms with van der Waals surface area (Å²) >= 11 is 6.37. The Morgan fingerprint density at radius 2 is 1.92 bits per heavy atom. The van der Waals surface area contributed by atoms with E-state index in [9.17, 15) is 0 Å². The van der Waals surface area contributed by atoms with E-state index in [1.807, 2.05) is 31.3 Å². The van der Waals surface area contributed by atoms with Gasteiger partial charge in [-0.3, -0.25) is 0 Å². The van der Waals surface area contributed by atoms with Crippen LogP contribution in [0.3, 0.4) is 0 Å². The number of ether oxygens (including phenoxy) is 1. The molecule has 0 aliphatic heterocycles. The van der Waals surface area contributed by atoms with Crippen molar-refractivity contribution in [2.45, 2.75) is 27.3 Å². The van der Waals surface area contributed by atoms with Crippen LogP contribution < -0.4 is 4.90 Å². The molecule has 0 N–H and O–H groups in total. The molecule has 0 spiro atoms. The predicted octanol–water partition coefficient (Wildman–Crippen LogP) is 4.63. The van der Waals surface area contributed by atoms with Crippen LogP contribution in [0.25, 0.3) is 22.4 Å². The Morgan fingerprint density at radius 1 is 1.12 bits per heavy atom. The van der Waals surface area contributed by atoms with Crippen molar-refractivity contribution in [3.05, 3.63) is 41.6 Å². The maximum absolute atomic E-state index is 6.37. The fourth-order valence-corrected chi connectivity index (χ4v) is 3.32. The number of nitrogens with zero attached hydrogens (tertiary/aromatic N) is 4. The van der Waals surface area contributed by atoms with Gasteiger partial charge in [0.1, 0.15) is 17.2 Å². The SMILES string of the molecule is CCOCCn1c(-c2ccc(N(CC)CC)nc2)nc2c(Cl)cccc21. The zero-order valence-electron chi connectivity index (χ0n) is 15.6. The van der Waals surface area contributed by atoms with E-state index in [0.717, 1.165) is 47.9 Å². The van der Waals surface area contributed by atoms with Crippen LogP contribution in [0.5, 0.6) is 0 Å². The summed E-state index contributed by atoms with van der Waals surface area (Å²) < 4.78 is 7.71. The van der Waals surface area contributed by atoms with Gasteiger partial charge in [-0.1, -0.05) is 17.7 Å². The Bertz CT molecular complexity index is 856. The third-order valence-corrected chi connectivity index (χ3v) is 4.79. The van der Waals surface area contributed by atoms with Crippen molar-refractivity contribution in [1.82, 2.24) is 14.5 Å². The lowest BCUT2D eigenvalue weighted by Gasteiger charge is -2.19. The molecule has 2 heterocycles. The highest BCUT2D eigenvalue weighted by Gasteiger charge is 2.15. The van der Waals surface area contributed by atoms with Gasteiger partial charge in [0.25, 0.3) is 0 Å². The normalized spacial score (nSPS) is 11.2. The Labute approximate surface area is 159 Å². The Hall–Kier alpha value is -2.11. The lowest BCUT2D eigenvalue weighted by atomic mass is 10.2. The van der Waals surface area contributed by atoms with Crippen LogP contribution in [0.1, 0.15) is 20.8 Å². The van der Waals surface area contributed by atoms with Gasteiger partial charge in [0.05, 0.1) is 17.1 Å². The molecule has 2 aromatic heterocycles. The summed E-state index contributed by atoms with van der Waals surface area (Å²) in [6.45, 7) is 10.2. The number of fused-ring (bicyclic) bond motifs is 1. The molecule has 0 aliphatic rings. The number of benzene rings is 1. The van der Waals surface area contributed by atoms with Crippen molar-refractivity contribution in [3.63, 3.8) is 0 Å². The fraction of sp³-hybridized carbons (Fsp3) is 0.400. The first-order valence-corrected chi connectivity index (χ1v) is 9.51. The van der Waals surface area contributed by atoms with Gasteiger partial charge in [-0.05, 0) is 45.0 Å². The summed E-state index contributed by atoms with van der Waals surface area (Å²) in [7, 11) is 0. The summed E-state index contributed by atoms with van der Waals surface area (Å²) in [5, 5.41) is 0.659. The van der Waals surface area contributed by atoms with Gasteiger partial charge in [-0.2, -0.15) is 0 Å². The molecule has 0 bridgehead atoms. The summed E-state index contributed by atoms with van der Waals surface area (Å²) in [5.74, 6) is 1.85. The Balaban J connectivity index is 2.03. The number of aromatic nitrogens is 3. The van der Waals surface area contributed by atoms with Crippen LogP contribution in [0.15, 0.2) is 36.5 Å². The molecule has 0 atom stereocenters. The van der Waals surface area contributed by atoms with E-state index in [4.69, 9.17) is 21.3 Å². The van der Waals surface area contributed by atoms with E-state index in [1.54, 1.807) is 0 Å². The molecular weight excluding hydrogens is 348 g/mol. The molecule has 0 amide bonds. The number of pyridine rings is 1. The first-order chi connectivity index (χ1) is 12.7. The van der Waals surface area contributed by atoms with Crippen molar-refractivity contribution in [3.8, 4) is 11.4 Å². The van der Waals surface area contributed by atoms with Crippen LogP contribution in [0, 0.1) is 0 Å². The van der Waals surface area contributed by atoms with Crippen molar-refractivity contribution in [1.29, 1.82) is 0 Å². The third kappa shape index (κ3) is 3.69. The highest BCUT2D eigenvalue weighted by atomic mass is 35.5. The number of anilines is 1. The highest BCUT2D eigenvalue weighted by Crippen LogP contribution is 2.29. The van der Waals surface area contributed by atoms with Gasteiger partial charge < -0.3 is 14.2 Å². The van der Waals surface area contributed by atoms with E-state index in [0.29, 0.717) is 18.2 Å². The van der Waals surface area contributed by atoms with Crippen molar-refractivity contribution >= 4 is 28.5 Å². The minimum absolute atomic E-state index is 0.631. The minimum Gasteiger partial charge on any atom is -0.380 e. The minimum atomic E-state index is 0.631. The second-order valence-electron chi connectivity index (χ2n) is 5.97. The van der Waals surface area contributed by atoms with E-state index in [1.165, 1.54) is 0 Å². The first-order valence-electron chi connectivity index (χ1n) is 9.13. The predicted molar refractivity (Wildman–Crippen MR) is 108 cm³/mol. The highest BCUT2D eigenvalue weighted by molar-refractivity contribution is 6.35. The van der Waals surface area contributed by atoms with Crippen molar-refractivity contribution in [2.24, 2.45) is 0 Å². The molecule has 1 aromatic carbocycles. The lowest BCUT2D eigenvalue weighted by molar-refractivity contribution is 0.140. The summed E-state index contributed by atoms with van der Waals surface area (Å²) in [4.78, 5) is 11.7. The number of hydrogen-bond acceptors (Lipinski definition) is 4. The maximum atomic E-state index is 6.37. The van der Waals surface area contributed by atoms with Gasteiger partial charge in [-0.15, -0.1) is 0 Å². The zero-order valence-corrected chi connectivity index (χ0v) is 16.3. The number of rotatable bonds is 8. The molecule has 5 nitrogen and oxygen atoms in total. The number of para-hydroxylation sites is 1. The molecule has 0 radical (unpaired) electrons. The summed E-state index contributed by atoms with van der Waals surface area (Å²) in [6, 6.07) is 9.99. The monoisotopic (exact) mass is 372 g/mol. The van der Waals surface area contributed by atoms with E-state index < -0.39 is 0 Å². The molecular formula is C20H25ClN4O. The van der Waals surface area contributed by atoms with Crippen molar-refractivity contribution < 1.29 is 4.74 Å². The molecule has 0 aliphatic carbocycles.